The number of carbonyl (C=O) groups excluding carboxylic acids is 1. The third kappa shape index (κ3) is 5.03. The second-order valence-electron chi connectivity index (χ2n) is 6.87. The molecule has 1 N–H and O–H groups in total. The molecule has 1 aromatic rings. The van der Waals surface area contributed by atoms with E-state index in [-0.39, 0.29) is 44.3 Å². The Morgan fingerprint density at radius 2 is 1.71 bits per heavy atom. The minimum atomic E-state index is -1.15. The molecule has 2 nitrogen and oxygen atoms in total. The number of hydrogen-bond acceptors (Lipinski definition) is 1. The molecule has 1 unspecified atom stereocenters. The van der Waals surface area contributed by atoms with Gasteiger partial charge in [-0.1, -0.05) is 18.5 Å². The molecule has 1 fully saturated rings. The number of carbonyl (C=O) groups is 1. The van der Waals surface area contributed by atoms with Crippen LogP contribution in [0, 0.1) is 13.8 Å². The fourth-order valence-electron chi connectivity index (χ4n) is 4.13. The van der Waals surface area contributed by atoms with Gasteiger partial charge in [-0.05, 0) is 69.7 Å². The number of aryl methyl sites for hydroxylation is 2. The third-order valence-corrected chi connectivity index (χ3v) is 11.2. The van der Waals surface area contributed by atoms with Crippen LogP contribution >= 0.6 is 18.9 Å². The topological polar surface area (TPSA) is 29.1 Å². The number of amides is 1. The first-order valence-electron chi connectivity index (χ1n) is 8.87. The zero-order valence-corrected chi connectivity index (χ0v) is 20.0. The molecule has 1 saturated heterocycles. The molecule has 0 spiro atoms. The van der Waals surface area contributed by atoms with E-state index in [1.54, 1.807) is 0 Å². The normalized spacial score (nSPS) is 17.7. The Kier molecular flexibility index (Phi) is 9.40. The number of halogens is 1. The van der Waals surface area contributed by atoms with Crippen molar-refractivity contribution in [2.75, 3.05) is 23.8 Å². The van der Waals surface area contributed by atoms with Gasteiger partial charge in [0.2, 0.25) is 0 Å². The largest absolute Gasteiger partial charge is 0.322 e. The second kappa shape index (κ2) is 10.0. The number of benzene rings is 1. The van der Waals surface area contributed by atoms with Crippen molar-refractivity contribution in [1.29, 1.82) is 0 Å². The van der Waals surface area contributed by atoms with Crippen LogP contribution in [0.2, 0.25) is 5.02 Å². The summed E-state index contributed by atoms with van der Waals surface area (Å²) >= 11 is 6.11. The van der Waals surface area contributed by atoms with Crippen LogP contribution in [-0.4, -0.2) is 30.1 Å². The fourth-order valence-corrected chi connectivity index (χ4v) is 9.42. The van der Waals surface area contributed by atoms with Gasteiger partial charge in [0.1, 0.15) is 5.66 Å². The van der Waals surface area contributed by atoms with Gasteiger partial charge in [-0.2, -0.15) is 0 Å². The van der Waals surface area contributed by atoms with Crippen molar-refractivity contribution in [3.8, 4) is 0 Å². The molecule has 1 amide bonds. The smallest absolute Gasteiger partial charge is 0.265 e. The molecule has 2 rings (SSSR count). The van der Waals surface area contributed by atoms with E-state index in [1.807, 2.05) is 26.0 Å². The van der Waals surface area contributed by atoms with E-state index in [0.29, 0.717) is 0 Å². The molecule has 1 aliphatic rings. The van der Waals surface area contributed by atoms with Crippen LogP contribution in [0.3, 0.4) is 0 Å². The number of rotatable bonds is 5. The summed E-state index contributed by atoms with van der Waals surface area (Å²) < 4.78 is 0. The zero-order chi connectivity index (χ0) is 17.0. The Labute approximate surface area is 178 Å². The number of anilines is 1. The van der Waals surface area contributed by atoms with Crippen molar-refractivity contribution in [3.63, 3.8) is 0 Å². The Morgan fingerprint density at radius 1 is 1.17 bits per heavy atom. The monoisotopic (exact) mass is 443 g/mol. The standard InChI is InChI=1S/C19H29ClNOP.Y/c1-5-17(23(6-2)10-8-7-9-11-23)19(22)21-18-14(3)12-16(20)13-15(18)4;/h12-13,17H,5-11H2,1-4H3;/p+1. The Bertz CT molecular complexity index is 549. The van der Waals surface area contributed by atoms with Crippen LogP contribution in [0.25, 0.3) is 0 Å². The van der Waals surface area contributed by atoms with Gasteiger partial charge in [-0.3, -0.25) is 4.79 Å². The molecule has 1 aliphatic heterocycles. The maximum Gasteiger partial charge on any atom is 0.265 e. The van der Waals surface area contributed by atoms with Gasteiger partial charge in [0.05, 0.1) is 18.5 Å². The van der Waals surface area contributed by atoms with Gasteiger partial charge in [-0.15, -0.1) is 0 Å². The molecule has 0 aliphatic carbocycles. The summed E-state index contributed by atoms with van der Waals surface area (Å²) in [6, 6.07) is 3.85. The van der Waals surface area contributed by atoms with E-state index in [1.165, 1.54) is 37.7 Å². The average molecular weight is 444 g/mol. The van der Waals surface area contributed by atoms with E-state index in [4.69, 9.17) is 11.6 Å². The first-order chi connectivity index (χ1) is 10.9. The molecular formula is C19H30ClNOPY+. The van der Waals surface area contributed by atoms with E-state index in [2.05, 4.69) is 19.2 Å². The predicted octanol–water partition coefficient (Wildman–Crippen LogP) is 5.89. The summed E-state index contributed by atoms with van der Waals surface area (Å²) in [5.41, 5.74) is 3.25. The third-order valence-electron chi connectivity index (χ3n) is 5.43. The summed E-state index contributed by atoms with van der Waals surface area (Å²) in [6.07, 6.45) is 8.72. The summed E-state index contributed by atoms with van der Waals surface area (Å²) in [7, 11) is -1.15. The van der Waals surface area contributed by atoms with Gasteiger partial charge in [0, 0.05) is 50.7 Å². The van der Waals surface area contributed by atoms with E-state index >= 15 is 0 Å². The molecule has 131 valence electrons. The van der Waals surface area contributed by atoms with Gasteiger partial charge >= 0.3 is 0 Å². The number of nitrogens with one attached hydrogen (secondary N) is 1. The molecule has 5 heteroatoms. The van der Waals surface area contributed by atoms with E-state index in [0.717, 1.165) is 28.3 Å². The molecule has 0 saturated carbocycles. The maximum atomic E-state index is 13.1. The summed E-state index contributed by atoms with van der Waals surface area (Å²) in [4.78, 5) is 13.1. The molecule has 0 aromatic heterocycles. The SMILES string of the molecule is CCC(C(=O)Nc1c(C)cc(Cl)cc1C)[P+]1(CC)CCCCC1.[Y]. The second-order valence-corrected chi connectivity index (χ2v) is 11.9. The van der Waals surface area contributed by atoms with Crippen molar-refractivity contribution in [2.45, 2.75) is 59.0 Å². The molecular weight excluding hydrogens is 414 g/mol. The Balaban J connectivity index is 0.00000288. The van der Waals surface area contributed by atoms with Gasteiger partial charge in [0.15, 0.2) is 0 Å². The first-order valence-corrected chi connectivity index (χ1v) is 11.7. The molecule has 1 aromatic carbocycles. The summed E-state index contributed by atoms with van der Waals surface area (Å²) in [5.74, 6) is 0.234. The minimum Gasteiger partial charge on any atom is -0.322 e. The van der Waals surface area contributed by atoms with Crippen LogP contribution in [-0.2, 0) is 37.5 Å². The van der Waals surface area contributed by atoms with Crippen molar-refractivity contribution >= 4 is 30.5 Å². The van der Waals surface area contributed by atoms with Crippen molar-refractivity contribution in [3.05, 3.63) is 28.3 Å². The van der Waals surface area contributed by atoms with Crippen molar-refractivity contribution in [1.82, 2.24) is 0 Å². The van der Waals surface area contributed by atoms with Gasteiger partial charge < -0.3 is 5.32 Å². The molecule has 24 heavy (non-hydrogen) atoms. The van der Waals surface area contributed by atoms with Crippen LogP contribution in [0.15, 0.2) is 12.1 Å². The van der Waals surface area contributed by atoms with E-state index < -0.39 is 7.26 Å². The van der Waals surface area contributed by atoms with Crippen LogP contribution in [0.5, 0.6) is 0 Å². The number of hydrogen-bond donors (Lipinski definition) is 1. The van der Waals surface area contributed by atoms with Crippen LogP contribution in [0.1, 0.15) is 50.7 Å². The van der Waals surface area contributed by atoms with Gasteiger partial charge in [-0.25, -0.2) is 0 Å². The first kappa shape index (κ1) is 22.6. The van der Waals surface area contributed by atoms with E-state index in [9.17, 15) is 4.79 Å². The molecule has 1 heterocycles. The molecule has 1 atom stereocenters. The average Bonchev–Trinajstić information content (AvgIpc) is 2.52. The fraction of sp³-hybridized carbons (Fsp3) is 0.632. The predicted molar refractivity (Wildman–Crippen MR) is 105 cm³/mol. The van der Waals surface area contributed by atoms with Crippen LogP contribution < -0.4 is 5.32 Å². The Hall–Kier alpha value is 0.514. The Morgan fingerprint density at radius 3 is 2.17 bits per heavy atom. The minimum absolute atomic E-state index is 0. The molecule has 0 bridgehead atoms. The maximum absolute atomic E-state index is 13.1. The zero-order valence-electron chi connectivity index (χ0n) is 15.5. The summed E-state index contributed by atoms with van der Waals surface area (Å²) in [6.45, 7) is 8.51. The quantitative estimate of drug-likeness (QED) is 0.565. The molecule has 1 radical (unpaired) electrons. The van der Waals surface area contributed by atoms with Gasteiger partial charge in [0.25, 0.3) is 5.91 Å². The van der Waals surface area contributed by atoms with Crippen LogP contribution in [0.4, 0.5) is 5.69 Å². The summed E-state index contributed by atoms with van der Waals surface area (Å²) in [5, 5.41) is 3.97. The van der Waals surface area contributed by atoms with Crippen molar-refractivity contribution in [2.24, 2.45) is 0 Å². The van der Waals surface area contributed by atoms with Crippen molar-refractivity contribution < 1.29 is 37.5 Å².